The molecule has 1 rings (SSSR count). The fourth-order valence-corrected chi connectivity index (χ4v) is 1.49. The maximum atomic E-state index is 13.7. The molecule has 0 fully saturated rings. The lowest BCUT2D eigenvalue weighted by Crippen LogP contribution is -2.72. The molecule has 0 heterocycles. The summed E-state index contributed by atoms with van der Waals surface area (Å²) < 4.78 is 13.7. The van der Waals surface area contributed by atoms with Gasteiger partial charge in [0.2, 0.25) is 5.91 Å². The molecule has 1 amide bonds. The molecule has 1 unspecified atom stereocenters. The number of benzene rings is 1. The normalized spacial score (nSPS) is 12.8. The molecule has 0 saturated carbocycles. The van der Waals surface area contributed by atoms with Crippen molar-refractivity contribution < 1.29 is 14.5 Å². The largest absolute Gasteiger partial charge is 0.353 e. The summed E-state index contributed by atoms with van der Waals surface area (Å²) >= 11 is 0. The first-order valence-electron chi connectivity index (χ1n) is 7.16. The minimum Gasteiger partial charge on any atom is -0.353 e. The van der Waals surface area contributed by atoms with Gasteiger partial charge in [0.25, 0.3) is 0 Å². The number of quaternary nitrogens is 1. The number of rotatable bonds is 7. The Bertz CT molecular complexity index is 559. The number of hydrogen-bond donors (Lipinski definition) is 2. The lowest BCUT2D eigenvalue weighted by Gasteiger charge is -2.16. The molecule has 0 saturated heterocycles. The zero-order chi connectivity index (χ0) is 16.5. The van der Waals surface area contributed by atoms with Gasteiger partial charge in [-0.2, -0.15) is 10.2 Å². The first-order chi connectivity index (χ1) is 10.5. The van der Waals surface area contributed by atoms with Gasteiger partial charge in [-0.1, -0.05) is 6.92 Å². The number of carbonyl (C=O) groups is 1. The highest BCUT2D eigenvalue weighted by molar-refractivity contribution is 5.90. The Labute approximate surface area is 130 Å². The summed E-state index contributed by atoms with van der Waals surface area (Å²) in [4.78, 5) is 13.2. The summed E-state index contributed by atoms with van der Waals surface area (Å²) in [5.41, 5.74) is 0.601. The molecule has 0 aromatic heterocycles. The van der Waals surface area contributed by atoms with Gasteiger partial charge in [0.1, 0.15) is 18.1 Å². The molecule has 120 valence electrons. The molecule has 0 spiro atoms. The van der Waals surface area contributed by atoms with Gasteiger partial charge in [-0.05, 0) is 25.1 Å². The summed E-state index contributed by atoms with van der Waals surface area (Å²) in [6, 6.07) is 4.23. The van der Waals surface area contributed by atoms with Crippen molar-refractivity contribution in [2.75, 3.05) is 19.4 Å². The number of nitrogens with two attached hydrogens (primary N) is 1. The third kappa shape index (κ3) is 5.61. The van der Waals surface area contributed by atoms with Crippen LogP contribution in [0.2, 0.25) is 0 Å². The molecular formula is C15H23FN5O+. The second-order valence-corrected chi connectivity index (χ2v) is 4.76. The predicted molar refractivity (Wildman–Crippen MR) is 84.1 cm³/mol. The molecule has 1 atom stereocenters. The quantitative estimate of drug-likeness (QED) is 0.758. The Balaban J connectivity index is 2.83. The number of nitrogens with one attached hydrogen (secondary N) is 1. The van der Waals surface area contributed by atoms with Crippen molar-refractivity contribution in [3.8, 4) is 0 Å². The third-order valence-electron chi connectivity index (χ3n) is 2.99. The van der Waals surface area contributed by atoms with Crippen molar-refractivity contribution in [2.45, 2.75) is 26.4 Å². The molecule has 3 N–H and O–H groups in total. The van der Waals surface area contributed by atoms with Crippen LogP contribution in [0.15, 0.2) is 40.8 Å². The molecule has 0 aliphatic rings. The van der Waals surface area contributed by atoms with E-state index in [1.54, 1.807) is 6.92 Å². The summed E-state index contributed by atoms with van der Waals surface area (Å²) in [6.07, 6.45) is 3.87. The molecule has 6 nitrogen and oxygen atoms in total. The third-order valence-corrected chi connectivity index (χ3v) is 2.99. The molecule has 1 aromatic rings. The van der Waals surface area contributed by atoms with Crippen molar-refractivity contribution in [1.29, 1.82) is 0 Å². The van der Waals surface area contributed by atoms with E-state index in [4.69, 9.17) is 0 Å². The van der Waals surface area contributed by atoms with E-state index in [1.165, 1.54) is 18.2 Å². The Kier molecular flexibility index (Phi) is 7.18. The van der Waals surface area contributed by atoms with E-state index in [0.717, 1.165) is 0 Å². The van der Waals surface area contributed by atoms with Crippen LogP contribution in [0.25, 0.3) is 0 Å². The zero-order valence-corrected chi connectivity index (χ0v) is 13.4. The molecule has 0 aliphatic heterocycles. The van der Waals surface area contributed by atoms with E-state index < -0.39 is 5.82 Å². The predicted octanol–water partition coefficient (Wildman–Crippen LogP) is 2.20. The average Bonchev–Trinajstić information content (AvgIpc) is 2.52. The number of anilines is 1. The fraction of sp³-hybridized carbons (Fsp3) is 0.400. The topological polar surface area (TPSA) is 73.7 Å². The Morgan fingerprint density at radius 3 is 2.91 bits per heavy atom. The molecular weight excluding hydrogens is 285 g/mol. The number of nitrogens with zero attached hydrogens (tertiary/aromatic N) is 3. The minimum atomic E-state index is -0.481. The van der Waals surface area contributed by atoms with Crippen LogP contribution in [-0.4, -0.2) is 31.1 Å². The molecule has 0 radical (unpaired) electrons. The summed E-state index contributed by atoms with van der Waals surface area (Å²) in [5.74, 6) is -0.617. The summed E-state index contributed by atoms with van der Waals surface area (Å²) in [5, 5.41) is 12.6. The highest BCUT2D eigenvalue weighted by atomic mass is 19.1. The molecule has 0 bridgehead atoms. The molecule has 0 aliphatic carbocycles. The van der Waals surface area contributed by atoms with Gasteiger partial charge in [0.05, 0.1) is 13.2 Å². The zero-order valence-electron chi connectivity index (χ0n) is 13.4. The van der Waals surface area contributed by atoms with Crippen LogP contribution in [0.1, 0.15) is 20.3 Å². The van der Waals surface area contributed by atoms with Gasteiger partial charge in [0, 0.05) is 19.2 Å². The Hall–Kier alpha value is -2.28. The van der Waals surface area contributed by atoms with Crippen LogP contribution < -0.4 is 10.6 Å². The average molecular weight is 308 g/mol. The van der Waals surface area contributed by atoms with Crippen LogP contribution in [0, 0.1) is 5.82 Å². The monoisotopic (exact) mass is 308 g/mol. The second-order valence-electron chi connectivity index (χ2n) is 4.76. The van der Waals surface area contributed by atoms with Crippen LogP contribution >= 0.6 is 0 Å². The van der Waals surface area contributed by atoms with Crippen molar-refractivity contribution in [3.63, 3.8) is 0 Å². The van der Waals surface area contributed by atoms with Gasteiger partial charge in [-0.15, -0.1) is 0 Å². The van der Waals surface area contributed by atoms with Crippen molar-refractivity contribution >= 4 is 17.3 Å². The minimum absolute atomic E-state index is 0.0974. The Morgan fingerprint density at radius 2 is 2.27 bits per heavy atom. The van der Waals surface area contributed by atoms with Crippen LogP contribution in [0.3, 0.4) is 0 Å². The van der Waals surface area contributed by atoms with Gasteiger partial charge in [0.15, 0.2) is 5.82 Å². The molecule has 7 heteroatoms. The van der Waals surface area contributed by atoms with Crippen LogP contribution in [-0.2, 0) is 4.79 Å². The maximum absolute atomic E-state index is 13.7. The summed E-state index contributed by atoms with van der Waals surface area (Å²) in [6.45, 7) is 3.60. The highest BCUT2D eigenvalue weighted by Crippen LogP contribution is 2.23. The van der Waals surface area contributed by atoms with E-state index in [-0.39, 0.29) is 17.8 Å². The number of halogens is 1. The molecule has 1 aromatic carbocycles. The highest BCUT2D eigenvalue weighted by Gasteiger charge is 2.07. The first-order valence-corrected chi connectivity index (χ1v) is 7.16. The van der Waals surface area contributed by atoms with Crippen molar-refractivity contribution in [1.82, 2.24) is 4.90 Å². The van der Waals surface area contributed by atoms with Crippen molar-refractivity contribution in [3.05, 3.63) is 36.4 Å². The smallest absolute Gasteiger partial charge is 0.224 e. The van der Waals surface area contributed by atoms with E-state index in [1.807, 2.05) is 43.6 Å². The number of amides is 1. The van der Waals surface area contributed by atoms with E-state index in [0.29, 0.717) is 12.1 Å². The lowest BCUT2D eigenvalue weighted by molar-refractivity contribution is -0.557. The van der Waals surface area contributed by atoms with Gasteiger partial charge >= 0.3 is 0 Å². The van der Waals surface area contributed by atoms with Crippen LogP contribution in [0.4, 0.5) is 15.8 Å². The van der Waals surface area contributed by atoms with Gasteiger partial charge in [-0.25, -0.2) is 4.39 Å². The summed E-state index contributed by atoms with van der Waals surface area (Å²) in [7, 11) is 3.78. The first kappa shape index (κ1) is 17.8. The number of carbonyl (C=O) groups excluding carboxylic acids is 1. The maximum Gasteiger partial charge on any atom is 0.224 e. The standard InChI is InChI=1S/C15H22FN5O/c1-5-15(22)18-12-6-7-13(16)14(10-12)20-19-11(2)21(4)9-8-17-3/h6-11,17H,5H2,1-4H3,(H,18,22)/p+1/b9-8-,20-19?. The number of hydrogen-bond acceptors (Lipinski definition) is 4. The fourth-order valence-electron chi connectivity index (χ4n) is 1.49. The molecule has 22 heavy (non-hydrogen) atoms. The van der Waals surface area contributed by atoms with Crippen molar-refractivity contribution in [2.24, 2.45) is 10.2 Å². The lowest BCUT2D eigenvalue weighted by atomic mass is 10.2. The van der Waals surface area contributed by atoms with Crippen LogP contribution in [0.5, 0.6) is 0 Å². The second kappa shape index (κ2) is 8.89. The van der Waals surface area contributed by atoms with E-state index in [2.05, 4.69) is 15.5 Å². The van der Waals surface area contributed by atoms with E-state index in [9.17, 15) is 9.18 Å². The van der Waals surface area contributed by atoms with Gasteiger partial charge < -0.3 is 15.5 Å². The number of azo groups is 1. The van der Waals surface area contributed by atoms with E-state index >= 15 is 0 Å². The van der Waals surface area contributed by atoms with Gasteiger partial charge in [-0.3, -0.25) is 4.79 Å². The Morgan fingerprint density at radius 1 is 1.55 bits per heavy atom. The SMILES string of the molecule is CCC(=O)Nc1ccc(F)c(N=NC(C)N(C)/C=C\[NH2+]C)c1.